The number of anilines is 1. The van der Waals surface area contributed by atoms with Crippen molar-refractivity contribution in [1.29, 1.82) is 0 Å². The molecule has 3 aromatic carbocycles. The summed E-state index contributed by atoms with van der Waals surface area (Å²) >= 11 is 12.4. The molecule has 3 rings (SSSR count). The first-order valence-corrected chi connectivity index (χ1v) is 10.9. The average molecular weight is 498 g/mol. The molecule has 0 saturated heterocycles. The Morgan fingerprint density at radius 3 is 2.41 bits per heavy atom. The number of ether oxygens (including phenoxy) is 2. The fourth-order valence-corrected chi connectivity index (χ4v) is 3.11. The van der Waals surface area contributed by atoms with Gasteiger partial charge in [0.15, 0.2) is 0 Å². The third kappa shape index (κ3) is 7.37. The summed E-state index contributed by atoms with van der Waals surface area (Å²) in [5.74, 6) is -0.693. The van der Waals surface area contributed by atoms with Gasteiger partial charge in [0.2, 0.25) is 0 Å². The Kier molecular flexibility index (Phi) is 9.08. The normalized spacial score (nSPS) is 10.5. The lowest BCUT2D eigenvalue weighted by Crippen LogP contribution is -2.32. The standard InChI is InChI=1S/C25H21Cl2N3O4/c1-2-13-33-20-10-8-19(9-11-20)29-24(31)25(32)30-28-15-17-7-12-23(22(27)14-17)34-16-18-5-3-4-6-21(18)26/h2-12,14-15H,1,13,16H2,(H,29,31)(H,30,32)/b28-15-. The third-order valence-electron chi connectivity index (χ3n) is 4.36. The van der Waals surface area contributed by atoms with Gasteiger partial charge < -0.3 is 14.8 Å². The number of carbonyl (C=O) groups excluding carboxylic acids is 2. The molecule has 0 saturated carbocycles. The van der Waals surface area contributed by atoms with Gasteiger partial charge in [-0.25, -0.2) is 5.43 Å². The Morgan fingerprint density at radius 1 is 0.941 bits per heavy atom. The van der Waals surface area contributed by atoms with Crippen LogP contribution in [0, 0.1) is 0 Å². The van der Waals surface area contributed by atoms with Crippen LogP contribution >= 0.6 is 23.2 Å². The number of amides is 2. The second kappa shape index (κ2) is 12.4. The SMILES string of the molecule is C=CCOc1ccc(NC(=O)C(=O)N/N=C\c2ccc(OCc3ccccc3Cl)c(Cl)c2)cc1. The van der Waals surface area contributed by atoms with Crippen molar-refractivity contribution in [3.05, 3.63) is 101 Å². The molecule has 0 aliphatic carbocycles. The summed E-state index contributed by atoms with van der Waals surface area (Å²) in [6.45, 7) is 4.21. The number of benzene rings is 3. The second-order valence-corrected chi connectivity index (χ2v) is 7.66. The number of hydrazone groups is 1. The molecular formula is C25H21Cl2N3O4. The van der Waals surface area contributed by atoms with Crippen molar-refractivity contribution >= 4 is 46.9 Å². The molecule has 2 amide bonds. The van der Waals surface area contributed by atoms with E-state index in [1.807, 2.05) is 18.2 Å². The van der Waals surface area contributed by atoms with Crippen molar-refractivity contribution in [2.24, 2.45) is 5.10 Å². The Bertz CT molecular complexity index is 1200. The van der Waals surface area contributed by atoms with Crippen LogP contribution in [-0.2, 0) is 16.2 Å². The molecule has 0 heterocycles. The molecule has 34 heavy (non-hydrogen) atoms. The summed E-state index contributed by atoms with van der Waals surface area (Å²) in [5, 5.41) is 7.24. The molecule has 0 aliphatic rings. The zero-order valence-corrected chi connectivity index (χ0v) is 19.5. The predicted molar refractivity (Wildman–Crippen MR) is 134 cm³/mol. The largest absolute Gasteiger partial charge is 0.490 e. The minimum atomic E-state index is -0.922. The Labute approximate surface area is 207 Å². The maximum atomic E-state index is 12.0. The zero-order chi connectivity index (χ0) is 24.3. The molecule has 174 valence electrons. The van der Waals surface area contributed by atoms with E-state index in [9.17, 15) is 9.59 Å². The van der Waals surface area contributed by atoms with Crippen molar-refractivity contribution in [3.63, 3.8) is 0 Å². The van der Waals surface area contributed by atoms with Gasteiger partial charge in [-0.3, -0.25) is 9.59 Å². The van der Waals surface area contributed by atoms with Crippen molar-refractivity contribution in [2.75, 3.05) is 11.9 Å². The van der Waals surface area contributed by atoms with Crippen molar-refractivity contribution < 1.29 is 19.1 Å². The molecule has 7 nitrogen and oxygen atoms in total. The number of nitrogens with one attached hydrogen (secondary N) is 2. The zero-order valence-electron chi connectivity index (χ0n) is 18.0. The molecule has 0 fully saturated rings. The van der Waals surface area contributed by atoms with Crippen molar-refractivity contribution in [1.82, 2.24) is 5.43 Å². The Hall–Kier alpha value is -3.81. The van der Waals surface area contributed by atoms with Gasteiger partial charge in [-0.05, 0) is 54.1 Å². The lowest BCUT2D eigenvalue weighted by molar-refractivity contribution is -0.136. The summed E-state index contributed by atoms with van der Waals surface area (Å²) in [5.41, 5.74) is 4.05. The number of hydrogen-bond donors (Lipinski definition) is 2. The minimum Gasteiger partial charge on any atom is -0.490 e. The number of rotatable bonds is 9. The third-order valence-corrected chi connectivity index (χ3v) is 5.03. The fraction of sp³-hybridized carbons (Fsp3) is 0.0800. The van der Waals surface area contributed by atoms with E-state index in [0.29, 0.717) is 39.4 Å². The quantitative estimate of drug-likeness (QED) is 0.183. The van der Waals surface area contributed by atoms with Crippen LogP contribution in [0.4, 0.5) is 5.69 Å². The summed E-state index contributed by atoms with van der Waals surface area (Å²) in [6, 6.07) is 18.9. The van der Waals surface area contributed by atoms with Crippen LogP contribution in [0.15, 0.2) is 84.5 Å². The van der Waals surface area contributed by atoms with Crippen LogP contribution < -0.4 is 20.2 Å². The van der Waals surface area contributed by atoms with E-state index in [1.165, 1.54) is 6.21 Å². The molecule has 9 heteroatoms. The first-order chi connectivity index (χ1) is 16.5. The monoisotopic (exact) mass is 497 g/mol. The summed E-state index contributed by atoms with van der Waals surface area (Å²) in [4.78, 5) is 24.0. The van der Waals surface area contributed by atoms with Crippen LogP contribution in [0.5, 0.6) is 11.5 Å². The van der Waals surface area contributed by atoms with Gasteiger partial charge >= 0.3 is 11.8 Å². The van der Waals surface area contributed by atoms with E-state index in [2.05, 4.69) is 22.4 Å². The van der Waals surface area contributed by atoms with Crippen LogP contribution in [0.25, 0.3) is 0 Å². The first kappa shape index (κ1) is 24.8. The Balaban J connectivity index is 1.49. The minimum absolute atomic E-state index is 0.266. The summed E-state index contributed by atoms with van der Waals surface area (Å²) in [6.07, 6.45) is 2.99. The van der Waals surface area contributed by atoms with Gasteiger partial charge in [-0.2, -0.15) is 5.10 Å². The highest BCUT2D eigenvalue weighted by Gasteiger charge is 2.13. The highest BCUT2D eigenvalue weighted by atomic mass is 35.5. The van der Waals surface area contributed by atoms with E-state index in [-0.39, 0.29) is 6.61 Å². The van der Waals surface area contributed by atoms with Crippen LogP contribution in [-0.4, -0.2) is 24.6 Å². The highest BCUT2D eigenvalue weighted by Crippen LogP contribution is 2.27. The number of carbonyl (C=O) groups is 2. The van der Waals surface area contributed by atoms with Gasteiger partial charge in [0, 0.05) is 16.3 Å². The second-order valence-electron chi connectivity index (χ2n) is 6.85. The van der Waals surface area contributed by atoms with Crippen molar-refractivity contribution in [2.45, 2.75) is 6.61 Å². The van der Waals surface area contributed by atoms with Crippen LogP contribution in [0.3, 0.4) is 0 Å². The molecule has 2 N–H and O–H groups in total. The molecule has 3 aromatic rings. The number of hydrogen-bond acceptors (Lipinski definition) is 5. The highest BCUT2D eigenvalue weighted by molar-refractivity contribution is 6.39. The molecular weight excluding hydrogens is 477 g/mol. The van der Waals surface area contributed by atoms with Gasteiger partial charge in [0.1, 0.15) is 24.7 Å². The van der Waals surface area contributed by atoms with Gasteiger partial charge in [-0.1, -0.05) is 54.1 Å². The molecule has 0 aromatic heterocycles. The maximum Gasteiger partial charge on any atom is 0.329 e. The smallest absolute Gasteiger partial charge is 0.329 e. The molecule has 0 radical (unpaired) electrons. The molecule has 0 unspecified atom stereocenters. The number of halogens is 2. The van der Waals surface area contributed by atoms with E-state index < -0.39 is 11.8 Å². The predicted octanol–water partition coefficient (Wildman–Crippen LogP) is 5.23. The van der Waals surface area contributed by atoms with Crippen molar-refractivity contribution in [3.8, 4) is 11.5 Å². The van der Waals surface area contributed by atoms with E-state index in [4.69, 9.17) is 32.7 Å². The summed E-state index contributed by atoms with van der Waals surface area (Å²) in [7, 11) is 0. The molecule has 0 aliphatic heterocycles. The van der Waals surface area contributed by atoms with Crippen LogP contribution in [0.1, 0.15) is 11.1 Å². The fourth-order valence-electron chi connectivity index (χ4n) is 2.68. The van der Waals surface area contributed by atoms with Crippen LogP contribution in [0.2, 0.25) is 10.0 Å². The molecule has 0 atom stereocenters. The summed E-state index contributed by atoms with van der Waals surface area (Å²) < 4.78 is 11.1. The topological polar surface area (TPSA) is 89.0 Å². The average Bonchev–Trinajstić information content (AvgIpc) is 2.84. The van der Waals surface area contributed by atoms with E-state index in [0.717, 1.165) is 5.56 Å². The lowest BCUT2D eigenvalue weighted by atomic mass is 10.2. The Morgan fingerprint density at radius 2 is 1.71 bits per heavy atom. The number of nitrogens with zero attached hydrogens (tertiary/aromatic N) is 1. The molecule has 0 spiro atoms. The molecule has 0 bridgehead atoms. The lowest BCUT2D eigenvalue weighted by Gasteiger charge is -2.09. The first-order valence-electron chi connectivity index (χ1n) is 10.1. The van der Waals surface area contributed by atoms with Gasteiger partial charge in [-0.15, -0.1) is 0 Å². The van der Waals surface area contributed by atoms with Gasteiger partial charge in [0.25, 0.3) is 0 Å². The van der Waals surface area contributed by atoms with E-state index in [1.54, 1.807) is 54.6 Å². The van der Waals surface area contributed by atoms with Gasteiger partial charge in [0.05, 0.1) is 11.2 Å². The maximum absolute atomic E-state index is 12.0. The van der Waals surface area contributed by atoms with E-state index >= 15 is 0 Å².